The van der Waals surface area contributed by atoms with Crippen LogP contribution in [0.4, 0.5) is 5.82 Å². The molecular weight excluding hydrogens is 162 g/mol. The van der Waals surface area contributed by atoms with Gasteiger partial charge in [0.15, 0.2) is 0 Å². The van der Waals surface area contributed by atoms with Gasteiger partial charge in [-0.3, -0.25) is 4.57 Å². The molecule has 0 N–H and O–H groups in total. The highest BCUT2D eigenvalue weighted by atomic mass is 16.6. The van der Waals surface area contributed by atoms with Crippen molar-refractivity contribution in [1.29, 1.82) is 0 Å². The standard InChI is InChI=1S/C6H7N3O3/c1-4-2-8-3-5(9(10)11)7-6(8)12-4/h3-4H,2H2,1H3/t4-/m1/s1. The number of nitro groups is 1. The molecule has 1 aromatic heterocycles. The first-order valence-electron chi connectivity index (χ1n) is 3.55. The first kappa shape index (κ1) is 7.08. The third-order valence-electron chi connectivity index (χ3n) is 1.67. The van der Waals surface area contributed by atoms with E-state index in [1.54, 1.807) is 4.57 Å². The molecule has 1 aromatic rings. The van der Waals surface area contributed by atoms with Gasteiger partial charge in [0, 0.05) is 4.98 Å². The molecule has 0 radical (unpaired) electrons. The lowest BCUT2D eigenvalue weighted by Crippen LogP contribution is -2.08. The van der Waals surface area contributed by atoms with Crippen LogP contribution in [0.15, 0.2) is 6.20 Å². The van der Waals surface area contributed by atoms with E-state index in [1.165, 1.54) is 6.20 Å². The van der Waals surface area contributed by atoms with E-state index in [4.69, 9.17) is 4.74 Å². The van der Waals surface area contributed by atoms with Crippen LogP contribution in [0.2, 0.25) is 0 Å². The molecule has 1 aliphatic heterocycles. The van der Waals surface area contributed by atoms with E-state index in [0.29, 0.717) is 12.6 Å². The summed E-state index contributed by atoms with van der Waals surface area (Å²) in [6.45, 7) is 2.52. The number of hydrogen-bond donors (Lipinski definition) is 0. The number of nitrogens with zero attached hydrogens (tertiary/aromatic N) is 3. The van der Waals surface area contributed by atoms with Gasteiger partial charge in [-0.05, 0) is 11.8 Å². The Balaban J connectivity index is 2.34. The molecule has 0 bridgehead atoms. The van der Waals surface area contributed by atoms with Crippen molar-refractivity contribution in [2.45, 2.75) is 19.6 Å². The summed E-state index contributed by atoms with van der Waals surface area (Å²) in [5.74, 6) is -0.156. The first-order valence-corrected chi connectivity index (χ1v) is 3.55. The van der Waals surface area contributed by atoms with Gasteiger partial charge in [0.25, 0.3) is 0 Å². The molecule has 12 heavy (non-hydrogen) atoms. The summed E-state index contributed by atoms with van der Waals surface area (Å²) in [6, 6.07) is 0.342. The van der Waals surface area contributed by atoms with E-state index < -0.39 is 4.92 Å². The summed E-state index contributed by atoms with van der Waals surface area (Å²) in [4.78, 5) is 13.4. The molecule has 6 heteroatoms. The second-order valence-electron chi connectivity index (χ2n) is 2.72. The van der Waals surface area contributed by atoms with Gasteiger partial charge in [0.2, 0.25) is 0 Å². The van der Waals surface area contributed by atoms with Crippen molar-refractivity contribution in [2.75, 3.05) is 0 Å². The molecule has 0 spiro atoms. The van der Waals surface area contributed by atoms with Crippen LogP contribution >= 0.6 is 0 Å². The fourth-order valence-corrected chi connectivity index (χ4v) is 1.19. The third kappa shape index (κ3) is 0.919. The van der Waals surface area contributed by atoms with Gasteiger partial charge in [-0.2, -0.15) is 0 Å². The fourth-order valence-electron chi connectivity index (χ4n) is 1.19. The minimum absolute atomic E-state index is 0.0632. The second kappa shape index (κ2) is 2.20. The Bertz CT molecular complexity index is 309. The lowest BCUT2D eigenvalue weighted by molar-refractivity contribution is -0.389. The van der Waals surface area contributed by atoms with Crippen LogP contribution in [-0.2, 0) is 6.54 Å². The quantitative estimate of drug-likeness (QED) is 0.455. The van der Waals surface area contributed by atoms with Crippen molar-refractivity contribution in [2.24, 2.45) is 0 Å². The van der Waals surface area contributed by atoms with E-state index >= 15 is 0 Å². The number of imidazole rings is 1. The molecule has 2 heterocycles. The van der Waals surface area contributed by atoms with Gasteiger partial charge in [-0.15, -0.1) is 0 Å². The highest BCUT2D eigenvalue weighted by Gasteiger charge is 2.28. The monoisotopic (exact) mass is 169 g/mol. The minimum Gasteiger partial charge on any atom is -0.441 e. The van der Waals surface area contributed by atoms with Gasteiger partial charge < -0.3 is 14.9 Å². The number of rotatable bonds is 1. The zero-order valence-electron chi connectivity index (χ0n) is 6.43. The van der Waals surface area contributed by atoms with Crippen molar-refractivity contribution < 1.29 is 9.66 Å². The second-order valence-corrected chi connectivity index (χ2v) is 2.72. The summed E-state index contributed by atoms with van der Waals surface area (Å²) < 4.78 is 6.83. The predicted octanol–water partition coefficient (Wildman–Crippen LogP) is 0.572. The summed E-state index contributed by atoms with van der Waals surface area (Å²) in [7, 11) is 0. The summed E-state index contributed by atoms with van der Waals surface area (Å²) in [5.41, 5.74) is 0. The van der Waals surface area contributed by atoms with Gasteiger partial charge in [0.1, 0.15) is 12.3 Å². The van der Waals surface area contributed by atoms with Crippen LogP contribution in [0.3, 0.4) is 0 Å². The van der Waals surface area contributed by atoms with Crippen LogP contribution in [0.5, 0.6) is 6.01 Å². The smallest absolute Gasteiger partial charge is 0.414 e. The maximum absolute atomic E-state index is 10.3. The molecule has 6 nitrogen and oxygen atoms in total. The van der Waals surface area contributed by atoms with E-state index in [2.05, 4.69) is 4.98 Å². The number of aromatic nitrogens is 2. The topological polar surface area (TPSA) is 70.2 Å². The molecule has 64 valence electrons. The largest absolute Gasteiger partial charge is 0.441 e. The summed E-state index contributed by atoms with van der Waals surface area (Å²) >= 11 is 0. The van der Waals surface area contributed by atoms with Gasteiger partial charge in [-0.1, -0.05) is 0 Å². The normalized spacial score (nSPS) is 20.2. The van der Waals surface area contributed by atoms with Crippen molar-refractivity contribution in [3.63, 3.8) is 0 Å². The predicted molar refractivity (Wildman–Crippen MR) is 39.0 cm³/mol. The Kier molecular flexibility index (Phi) is 1.30. The van der Waals surface area contributed by atoms with E-state index in [9.17, 15) is 10.1 Å². The van der Waals surface area contributed by atoms with E-state index in [1.807, 2.05) is 6.92 Å². The average molecular weight is 169 g/mol. The van der Waals surface area contributed by atoms with Crippen molar-refractivity contribution in [3.05, 3.63) is 16.3 Å². The Labute approximate surface area is 67.9 Å². The third-order valence-corrected chi connectivity index (χ3v) is 1.67. The van der Waals surface area contributed by atoms with Crippen molar-refractivity contribution >= 4 is 5.82 Å². The van der Waals surface area contributed by atoms with E-state index in [0.717, 1.165) is 0 Å². The molecule has 0 saturated carbocycles. The Morgan fingerprint density at radius 2 is 2.67 bits per heavy atom. The molecule has 0 saturated heterocycles. The Morgan fingerprint density at radius 1 is 1.92 bits per heavy atom. The highest BCUT2D eigenvalue weighted by molar-refractivity contribution is 5.22. The van der Waals surface area contributed by atoms with Gasteiger partial charge in [0.05, 0.1) is 6.54 Å². The Hall–Kier alpha value is -1.59. The molecule has 0 fully saturated rings. The van der Waals surface area contributed by atoms with Crippen LogP contribution in [-0.4, -0.2) is 20.6 Å². The van der Waals surface area contributed by atoms with Gasteiger partial charge in [-0.25, -0.2) is 0 Å². The highest BCUT2D eigenvalue weighted by Crippen LogP contribution is 2.23. The maximum Gasteiger partial charge on any atom is 0.414 e. The van der Waals surface area contributed by atoms with Crippen molar-refractivity contribution in [1.82, 2.24) is 9.55 Å². The first-order chi connectivity index (χ1) is 5.66. The molecule has 2 rings (SSSR count). The molecule has 1 atom stereocenters. The lowest BCUT2D eigenvalue weighted by Gasteiger charge is -1.96. The van der Waals surface area contributed by atoms with Gasteiger partial charge >= 0.3 is 11.8 Å². The maximum atomic E-state index is 10.3. The zero-order chi connectivity index (χ0) is 8.72. The fraction of sp³-hybridized carbons (Fsp3) is 0.500. The minimum atomic E-state index is -0.528. The number of hydrogen-bond acceptors (Lipinski definition) is 4. The molecule has 0 aliphatic carbocycles. The van der Waals surface area contributed by atoms with E-state index in [-0.39, 0.29) is 11.9 Å². The molecule has 0 aromatic carbocycles. The Morgan fingerprint density at radius 3 is 3.25 bits per heavy atom. The van der Waals surface area contributed by atoms with Crippen LogP contribution < -0.4 is 4.74 Å². The zero-order valence-corrected chi connectivity index (χ0v) is 6.43. The summed E-state index contributed by atoms with van der Waals surface area (Å²) in [5, 5.41) is 10.3. The van der Waals surface area contributed by atoms with Crippen LogP contribution in [0.25, 0.3) is 0 Å². The molecule has 0 amide bonds. The average Bonchev–Trinajstić information content (AvgIpc) is 2.42. The van der Waals surface area contributed by atoms with Crippen LogP contribution in [0.1, 0.15) is 6.92 Å². The SMILES string of the molecule is C[C@@H]1Cn2cc([N+](=O)[O-])nc2O1. The summed E-state index contributed by atoms with van der Waals surface area (Å²) in [6.07, 6.45) is 1.45. The number of fused-ring (bicyclic) bond motifs is 1. The molecule has 1 aliphatic rings. The molecule has 0 unspecified atom stereocenters. The van der Waals surface area contributed by atoms with Crippen LogP contribution in [0, 0.1) is 10.1 Å². The number of ether oxygens (including phenoxy) is 1. The lowest BCUT2D eigenvalue weighted by atomic mass is 10.4. The van der Waals surface area contributed by atoms with Crippen molar-refractivity contribution in [3.8, 4) is 6.01 Å². The molecular formula is C6H7N3O3.